The standard InChI is InChI=1S/C15H18O3/c1-9-5-6-12(15(17-4)11(9)3)13(16)14-10(2)7-8-18-14/h5-8,13,16H,1-4H3. The number of aliphatic hydroxyl groups excluding tert-OH is 1. The first kappa shape index (κ1) is 12.7. The fraction of sp³-hybridized carbons (Fsp3) is 0.333. The van der Waals surface area contributed by atoms with Gasteiger partial charge in [-0.2, -0.15) is 0 Å². The highest BCUT2D eigenvalue weighted by Crippen LogP contribution is 2.35. The van der Waals surface area contributed by atoms with Crippen LogP contribution in [0.25, 0.3) is 0 Å². The van der Waals surface area contributed by atoms with E-state index in [2.05, 4.69) is 0 Å². The van der Waals surface area contributed by atoms with Crippen LogP contribution in [0, 0.1) is 20.8 Å². The minimum Gasteiger partial charge on any atom is -0.496 e. The highest BCUT2D eigenvalue weighted by Gasteiger charge is 2.21. The normalized spacial score (nSPS) is 12.5. The van der Waals surface area contributed by atoms with E-state index in [9.17, 15) is 5.11 Å². The average molecular weight is 246 g/mol. The summed E-state index contributed by atoms with van der Waals surface area (Å²) in [6, 6.07) is 5.70. The van der Waals surface area contributed by atoms with Crippen LogP contribution >= 0.6 is 0 Å². The second-order valence-corrected chi connectivity index (χ2v) is 4.50. The van der Waals surface area contributed by atoms with E-state index in [0.29, 0.717) is 5.76 Å². The van der Waals surface area contributed by atoms with Gasteiger partial charge in [-0.3, -0.25) is 0 Å². The van der Waals surface area contributed by atoms with Gasteiger partial charge in [0.25, 0.3) is 0 Å². The minimum absolute atomic E-state index is 0.566. The van der Waals surface area contributed by atoms with Gasteiger partial charge in [0.05, 0.1) is 13.4 Å². The van der Waals surface area contributed by atoms with E-state index < -0.39 is 6.10 Å². The number of hydrogen-bond acceptors (Lipinski definition) is 3. The lowest BCUT2D eigenvalue weighted by Gasteiger charge is -2.17. The summed E-state index contributed by atoms with van der Waals surface area (Å²) in [6.07, 6.45) is 0.788. The van der Waals surface area contributed by atoms with Crippen molar-refractivity contribution in [3.05, 3.63) is 52.5 Å². The van der Waals surface area contributed by atoms with E-state index in [1.54, 1.807) is 13.4 Å². The van der Waals surface area contributed by atoms with E-state index in [1.165, 1.54) is 0 Å². The Balaban J connectivity index is 2.52. The number of hydrogen-bond donors (Lipinski definition) is 1. The lowest BCUT2D eigenvalue weighted by Crippen LogP contribution is -2.04. The first-order valence-electron chi connectivity index (χ1n) is 5.92. The average Bonchev–Trinajstić information content (AvgIpc) is 2.78. The van der Waals surface area contributed by atoms with Crippen LogP contribution < -0.4 is 4.74 Å². The Labute approximate surface area is 107 Å². The fourth-order valence-electron chi connectivity index (χ4n) is 2.10. The predicted molar refractivity (Wildman–Crippen MR) is 70.0 cm³/mol. The third-order valence-electron chi connectivity index (χ3n) is 3.36. The van der Waals surface area contributed by atoms with Crippen molar-refractivity contribution < 1.29 is 14.3 Å². The second-order valence-electron chi connectivity index (χ2n) is 4.50. The van der Waals surface area contributed by atoms with Gasteiger partial charge < -0.3 is 14.3 Å². The van der Waals surface area contributed by atoms with Gasteiger partial charge in [0.15, 0.2) is 0 Å². The van der Waals surface area contributed by atoms with Gasteiger partial charge >= 0.3 is 0 Å². The maximum Gasteiger partial charge on any atom is 0.140 e. The molecule has 2 aromatic rings. The molecule has 0 saturated carbocycles. The predicted octanol–water partition coefficient (Wildman–Crippen LogP) is 3.30. The molecule has 1 aromatic heterocycles. The van der Waals surface area contributed by atoms with Gasteiger partial charge in [-0.15, -0.1) is 0 Å². The molecule has 0 amide bonds. The fourth-order valence-corrected chi connectivity index (χ4v) is 2.10. The molecular weight excluding hydrogens is 228 g/mol. The molecule has 1 heterocycles. The Hall–Kier alpha value is -1.74. The van der Waals surface area contributed by atoms with E-state index in [-0.39, 0.29) is 0 Å². The number of rotatable bonds is 3. The molecule has 3 heteroatoms. The first-order chi connectivity index (χ1) is 8.56. The van der Waals surface area contributed by atoms with Crippen LogP contribution in [-0.4, -0.2) is 12.2 Å². The van der Waals surface area contributed by atoms with Crippen LogP contribution in [0.3, 0.4) is 0 Å². The molecule has 0 radical (unpaired) electrons. The first-order valence-corrected chi connectivity index (χ1v) is 5.92. The quantitative estimate of drug-likeness (QED) is 0.903. The molecule has 0 aliphatic rings. The molecule has 3 nitrogen and oxygen atoms in total. The topological polar surface area (TPSA) is 42.6 Å². The second kappa shape index (κ2) is 4.86. The number of benzene rings is 1. The Morgan fingerprint density at radius 3 is 2.39 bits per heavy atom. The van der Waals surface area contributed by atoms with Crippen molar-refractivity contribution in [2.24, 2.45) is 0 Å². The Bertz CT molecular complexity index is 555. The summed E-state index contributed by atoms with van der Waals surface area (Å²) in [4.78, 5) is 0. The van der Waals surface area contributed by atoms with Crippen molar-refractivity contribution in [2.75, 3.05) is 7.11 Å². The summed E-state index contributed by atoms with van der Waals surface area (Å²) in [5.74, 6) is 1.29. The zero-order chi connectivity index (χ0) is 13.3. The van der Waals surface area contributed by atoms with Gasteiger partial charge in [-0.1, -0.05) is 12.1 Å². The zero-order valence-electron chi connectivity index (χ0n) is 11.2. The molecule has 0 bridgehead atoms. The molecule has 1 unspecified atom stereocenters. The van der Waals surface area contributed by atoms with E-state index in [0.717, 1.165) is 28.0 Å². The molecule has 0 aliphatic carbocycles. The van der Waals surface area contributed by atoms with Crippen LogP contribution in [0.4, 0.5) is 0 Å². The number of furan rings is 1. The van der Waals surface area contributed by atoms with Crippen molar-refractivity contribution in [3.8, 4) is 5.75 Å². The number of methoxy groups -OCH3 is 1. The number of ether oxygens (including phenoxy) is 1. The lowest BCUT2D eigenvalue weighted by molar-refractivity contribution is 0.184. The molecule has 2 rings (SSSR count). The van der Waals surface area contributed by atoms with E-state index in [1.807, 2.05) is 39.0 Å². The van der Waals surface area contributed by atoms with E-state index >= 15 is 0 Å². The monoisotopic (exact) mass is 246 g/mol. The van der Waals surface area contributed by atoms with Crippen molar-refractivity contribution in [1.82, 2.24) is 0 Å². The lowest BCUT2D eigenvalue weighted by atomic mass is 9.98. The molecule has 1 atom stereocenters. The van der Waals surface area contributed by atoms with Crippen LogP contribution in [0.2, 0.25) is 0 Å². The molecule has 0 saturated heterocycles. The zero-order valence-corrected chi connectivity index (χ0v) is 11.2. The largest absolute Gasteiger partial charge is 0.496 e. The molecule has 0 spiro atoms. The summed E-state index contributed by atoms with van der Waals surface area (Å²) in [5, 5.41) is 10.4. The summed E-state index contributed by atoms with van der Waals surface area (Å²) < 4.78 is 10.8. The Morgan fingerprint density at radius 2 is 1.83 bits per heavy atom. The molecule has 0 aliphatic heterocycles. The van der Waals surface area contributed by atoms with Crippen molar-refractivity contribution in [2.45, 2.75) is 26.9 Å². The van der Waals surface area contributed by atoms with Gasteiger partial charge in [0.1, 0.15) is 17.6 Å². The van der Waals surface area contributed by atoms with Crippen LogP contribution in [0.15, 0.2) is 28.9 Å². The van der Waals surface area contributed by atoms with Gasteiger partial charge in [0, 0.05) is 5.56 Å². The van der Waals surface area contributed by atoms with Gasteiger partial charge in [-0.25, -0.2) is 0 Å². The molecule has 1 N–H and O–H groups in total. The van der Waals surface area contributed by atoms with Crippen molar-refractivity contribution in [3.63, 3.8) is 0 Å². The third-order valence-corrected chi connectivity index (χ3v) is 3.36. The highest BCUT2D eigenvalue weighted by molar-refractivity contribution is 5.48. The third kappa shape index (κ3) is 2.02. The van der Waals surface area contributed by atoms with Gasteiger partial charge in [0.2, 0.25) is 0 Å². The summed E-state index contributed by atoms with van der Waals surface area (Å²) in [6.45, 7) is 5.92. The van der Waals surface area contributed by atoms with E-state index in [4.69, 9.17) is 9.15 Å². The summed E-state index contributed by atoms with van der Waals surface area (Å²) in [5.41, 5.74) is 3.85. The number of aliphatic hydroxyl groups is 1. The van der Waals surface area contributed by atoms with Gasteiger partial charge in [-0.05, 0) is 43.5 Å². The SMILES string of the molecule is COc1c(C(O)c2occc2C)ccc(C)c1C. The molecular formula is C15H18O3. The Morgan fingerprint density at radius 1 is 1.11 bits per heavy atom. The summed E-state index contributed by atoms with van der Waals surface area (Å²) in [7, 11) is 1.62. The van der Waals surface area contributed by atoms with Crippen molar-refractivity contribution in [1.29, 1.82) is 0 Å². The molecule has 18 heavy (non-hydrogen) atoms. The number of aryl methyl sites for hydroxylation is 2. The summed E-state index contributed by atoms with van der Waals surface area (Å²) >= 11 is 0. The Kier molecular flexibility index (Phi) is 3.43. The van der Waals surface area contributed by atoms with Crippen LogP contribution in [0.1, 0.15) is 34.1 Å². The van der Waals surface area contributed by atoms with Crippen LogP contribution in [0.5, 0.6) is 5.75 Å². The maximum absolute atomic E-state index is 10.4. The maximum atomic E-state index is 10.4. The molecule has 96 valence electrons. The smallest absolute Gasteiger partial charge is 0.140 e. The van der Waals surface area contributed by atoms with Crippen LogP contribution in [-0.2, 0) is 0 Å². The minimum atomic E-state index is -0.797. The van der Waals surface area contributed by atoms with Crippen molar-refractivity contribution >= 4 is 0 Å². The highest BCUT2D eigenvalue weighted by atomic mass is 16.5. The molecule has 0 fully saturated rings. The molecule has 1 aromatic carbocycles.